The van der Waals surface area contributed by atoms with E-state index in [-0.39, 0.29) is 0 Å². The molecule has 0 saturated carbocycles. The minimum Gasteiger partial charge on any atom is -0.371 e. The zero-order valence-corrected chi connectivity index (χ0v) is 24.5. The molecule has 2 aromatic carbocycles. The third-order valence-corrected chi connectivity index (χ3v) is 7.59. The molecule has 2 aromatic heterocycles. The first kappa shape index (κ1) is 27.2. The number of hydrogen-bond acceptors (Lipinski definition) is 6. The zero-order valence-electron chi connectivity index (χ0n) is 24.5. The van der Waals surface area contributed by atoms with E-state index in [0.717, 1.165) is 73.4 Å². The van der Waals surface area contributed by atoms with E-state index in [4.69, 9.17) is 0 Å². The molecule has 0 unspecified atom stereocenters. The van der Waals surface area contributed by atoms with Crippen molar-refractivity contribution in [3.05, 3.63) is 72.3 Å². The highest BCUT2D eigenvalue weighted by Gasteiger charge is 2.17. The van der Waals surface area contributed by atoms with Gasteiger partial charge >= 0.3 is 11.9 Å². The lowest BCUT2D eigenvalue weighted by Gasteiger charge is -2.33. The monoisotopic (exact) mass is 540 g/mol. The molecule has 1 fully saturated rings. The number of aromatic nitrogens is 4. The predicted molar refractivity (Wildman–Crippen MR) is 158 cm³/mol. The van der Waals surface area contributed by atoms with Gasteiger partial charge in [-0.05, 0) is 74.2 Å². The first-order valence-corrected chi connectivity index (χ1v) is 13.9. The van der Waals surface area contributed by atoms with E-state index >= 15 is 0 Å². The lowest BCUT2D eigenvalue weighted by molar-refractivity contribution is -0.657. The van der Waals surface area contributed by atoms with E-state index in [0.29, 0.717) is 0 Å². The van der Waals surface area contributed by atoms with Crippen molar-refractivity contribution in [2.24, 2.45) is 48.6 Å². The SMILES string of the molecule is Cc1cc(N2CCCN(c3ccc(N=Nc4n(C)cc[n+]4C)c(C)c3)CCC2)ccc1N=Nc1n(C)cc[n+]1C. The molecule has 10 heteroatoms. The Bertz CT molecular complexity index is 1380. The van der Waals surface area contributed by atoms with E-state index in [9.17, 15) is 0 Å². The Morgan fingerprint density at radius 2 is 1.00 bits per heavy atom. The average Bonchev–Trinajstić information content (AvgIpc) is 3.41. The Morgan fingerprint density at radius 3 is 1.32 bits per heavy atom. The summed E-state index contributed by atoms with van der Waals surface area (Å²) in [5.74, 6) is 1.62. The van der Waals surface area contributed by atoms with Crippen LogP contribution in [0, 0.1) is 13.8 Å². The summed E-state index contributed by atoms with van der Waals surface area (Å²) in [5, 5.41) is 18.0. The largest absolute Gasteiger partial charge is 0.421 e. The number of azo groups is 2. The van der Waals surface area contributed by atoms with Gasteiger partial charge in [-0.2, -0.15) is 0 Å². The van der Waals surface area contributed by atoms with Crippen molar-refractivity contribution in [3.63, 3.8) is 0 Å². The molecular formula is C30H40N10+2. The third-order valence-electron chi connectivity index (χ3n) is 7.59. The highest BCUT2D eigenvalue weighted by atomic mass is 15.3. The maximum absolute atomic E-state index is 4.52. The van der Waals surface area contributed by atoms with Crippen LogP contribution in [-0.4, -0.2) is 35.3 Å². The molecule has 0 atom stereocenters. The normalized spacial score (nSPS) is 14.8. The van der Waals surface area contributed by atoms with Gasteiger partial charge in [-0.25, -0.2) is 18.3 Å². The van der Waals surface area contributed by atoms with Crippen LogP contribution in [0.4, 0.5) is 34.6 Å². The maximum Gasteiger partial charge on any atom is 0.421 e. The first-order valence-electron chi connectivity index (χ1n) is 13.9. The first-order chi connectivity index (χ1) is 19.3. The molecule has 5 rings (SSSR count). The van der Waals surface area contributed by atoms with Crippen LogP contribution < -0.4 is 18.9 Å². The van der Waals surface area contributed by atoms with Gasteiger partial charge in [-0.1, -0.05) is 10.2 Å². The highest BCUT2D eigenvalue weighted by molar-refractivity contribution is 5.59. The number of anilines is 2. The fourth-order valence-corrected chi connectivity index (χ4v) is 5.19. The molecule has 0 radical (unpaired) electrons. The van der Waals surface area contributed by atoms with Crippen LogP contribution in [0.1, 0.15) is 24.0 Å². The molecule has 0 amide bonds. The lowest BCUT2D eigenvalue weighted by atomic mass is 10.1. The fraction of sp³-hybridized carbons (Fsp3) is 0.400. The molecule has 10 nitrogen and oxygen atoms in total. The van der Waals surface area contributed by atoms with E-state index < -0.39 is 0 Å². The molecule has 0 bridgehead atoms. The Kier molecular flexibility index (Phi) is 8.04. The topological polar surface area (TPSA) is 73.5 Å². The summed E-state index contributed by atoms with van der Waals surface area (Å²) in [7, 11) is 7.90. The van der Waals surface area contributed by atoms with Crippen LogP contribution in [0.3, 0.4) is 0 Å². The van der Waals surface area contributed by atoms with Crippen LogP contribution in [0.5, 0.6) is 0 Å². The molecule has 208 valence electrons. The van der Waals surface area contributed by atoms with Crippen molar-refractivity contribution >= 4 is 34.6 Å². The van der Waals surface area contributed by atoms with E-state index in [1.165, 1.54) is 11.4 Å². The van der Waals surface area contributed by atoms with Crippen molar-refractivity contribution in [3.8, 4) is 0 Å². The van der Waals surface area contributed by atoms with Crippen molar-refractivity contribution in [1.82, 2.24) is 9.13 Å². The summed E-state index contributed by atoms with van der Waals surface area (Å²) in [6.07, 6.45) is 10.1. The van der Waals surface area contributed by atoms with Gasteiger partial charge in [0.25, 0.3) is 0 Å². The summed E-state index contributed by atoms with van der Waals surface area (Å²) in [4.78, 5) is 5.00. The molecule has 0 spiro atoms. The standard InChI is InChI=1S/C30H40N10/c1-23-21-25(9-11-27(23)31-33-29-35(3)17-18-36(29)4)39-13-7-15-40(16-8-14-39)26-10-12-28(24(2)22-26)32-34-30-37(5)19-20-38(30)6/h9-12,17-22H,7-8,13-16H2,1-6H3/q+2. The number of nitrogens with zero attached hydrogens (tertiary/aromatic N) is 10. The van der Waals surface area contributed by atoms with Gasteiger partial charge in [0.2, 0.25) is 0 Å². The van der Waals surface area contributed by atoms with Gasteiger partial charge in [-0.15, -0.1) is 0 Å². The molecule has 3 heterocycles. The second kappa shape index (κ2) is 11.8. The van der Waals surface area contributed by atoms with Crippen LogP contribution in [0.15, 0.2) is 81.6 Å². The van der Waals surface area contributed by atoms with Gasteiger partial charge in [-0.3, -0.25) is 0 Å². The van der Waals surface area contributed by atoms with Gasteiger partial charge in [0.15, 0.2) is 0 Å². The second-order valence-electron chi connectivity index (χ2n) is 10.7. The number of hydrogen-bond donors (Lipinski definition) is 0. The lowest BCUT2D eigenvalue weighted by Crippen LogP contribution is -2.36. The minimum atomic E-state index is 0.812. The molecule has 4 aromatic rings. The quantitative estimate of drug-likeness (QED) is 0.237. The van der Waals surface area contributed by atoms with Gasteiger partial charge in [0.1, 0.15) is 11.4 Å². The van der Waals surface area contributed by atoms with Crippen molar-refractivity contribution in [1.29, 1.82) is 0 Å². The molecule has 0 N–H and O–H groups in total. The van der Waals surface area contributed by atoms with E-state index in [1.807, 2.05) is 71.2 Å². The van der Waals surface area contributed by atoms with E-state index in [2.05, 4.69) is 80.5 Å². The number of benzene rings is 2. The number of rotatable bonds is 6. The maximum atomic E-state index is 4.52. The Labute approximate surface area is 236 Å². The molecule has 1 aliphatic heterocycles. The van der Waals surface area contributed by atoms with Crippen molar-refractivity contribution in [2.45, 2.75) is 26.7 Å². The Balaban J connectivity index is 1.20. The van der Waals surface area contributed by atoms with Crippen molar-refractivity contribution in [2.75, 3.05) is 36.0 Å². The Hall–Kier alpha value is -4.34. The third kappa shape index (κ3) is 5.95. The molecular weight excluding hydrogens is 500 g/mol. The predicted octanol–water partition coefficient (Wildman–Crippen LogP) is 5.57. The summed E-state index contributed by atoms with van der Waals surface area (Å²) < 4.78 is 7.85. The summed E-state index contributed by atoms with van der Waals surface area (Å²) in [6, 6.07) is 13.0. The molecule has 40 heavy (non-hydrogen) atoms. The molecule has 0 aliphatic carbocycles. The van der Waals surface area contributed by atoms with Gasteiger partial charge < -0.3 is 9.80 Å². The number of aryl methyl sites for hydroxylation is 6. The van der Waals surface area contributed by atoms with Crippen LogP contribution >= 0.6 is 0 Å². The Morgan fingerprint density at radius 1 is 0.600 bits per heavy atom. The minimum absolute atomic E-state index is 0.812. The molecule has 1 aliphatic rings. The highest BCUT2D eigenvalue weighted by Crippen LogP contribution is 2.29. The summed E-state index contributed by atoms with van der Waals surface area (Å²) >= 11 is 0. The smallest absolute Gasteiger partial charge is 0.371 e. The van der Waals surface area contributed by atoms with Crippen molar-refractivity contribution < 1.29 is 9.13 Å². The zero-order chi connectivity index (χ0) is 28.2. The van der Waals surface area contributed by atoms with Crippen LogP contribution in [0.25, 0.3) is 0 Å². The molecule has 1 saturated heterocycles. The number of imidazole rings is 2. The summed E-state index contributed by atoms with van der Waals surface area (Å²) in [5.41, 5.74) is 6.59. The van der Waals surface area contributed by atoms with Gasteiger partial charge in [0, 0.05) is 47.8 Å². The summed E-state index contributed by atoms with van der Waals surface area (Å²) in [6.45, 7) is 8.31. The van der Waals surface area contributed by atoms with Gasteiger partial charge in [0.05, 0.1) is 53.0 Å². The average molecular weight is 541 g/mol. The van der Waals surface area contributed by atoms with E-state index in [1.54, 1.807) is 0 Å². The second-order valence-corrected chi connectivity index (χ2v) is 10.7. The van der Waals surface area contributed by atoms with Crippen LogP contribution in [0.2, 0.25) is 0 Å². The van der Waals surface area contributed by atoms with Crippen LogP contribution in [-0.2, 0) is 28.2 Å². The fourth-order valence-electron chi connectivity index (χ4n) is 5.19.